The van der Waals surface area contributed by atoms with E-state index in [9.17, 15) is 26.7 Å². The van der Waals surface area contributed by atoms with Gasteiger partial charge in [0, 0.05) is 19.1 Å². The van der Waals surface area contributed by atoms with Crippen molar-refractivity contribution in [1.82, 2.24) is 24.0 Å². The van der Waals surface area contributed by atoms with E-state index >= 15 is 0 Å². The van der Waals surface area contributed by atoms with Gasteiger partial charge in [0.1, 0.15) is 17.8 Å². The van der Waals surface area contributed by atoms with Crippen LogP contribution in [-0.4, -0.2) is 58.6 Å². The Labute approximate surface area is 137 Å². The van der Waals surface area contributed by atoms with Crippen LogP contribution in [0, 0.1) is 0 Å². The Morgan fingerprint density at radius 2 is 2.12 bits per heavy atom. The second kappa shape index (κ2) is 6.58. The van der Waals surface area contributed by atoms with Gasteiger partial charge in [0.05, 0.1) is 6.20 Å². The molecule has 1 saturated heterocycles. The van der Waals surface area contributed by atoms with Gasteiger partial charge in [0.2, 0.25) is 0 Å². The SMILES string of the molecule is CC(C)n1cc(C2(O)CCCN(S(=O)(=O)NCC(F)(F)F)C2)nn1. The molecule has 0 spiro atoms. The lowest BCUT2D eigenvalue weighted by atomic mass is 9.91. The predicted octanol–water partition coefficient (Wildman–Crippen LogP) is 0.539. The minimum Gasteiger partial charge on any atom is -0.382 e. The van der Waals surface area contributed by atoms with E-state index in [1.165, 1.54) is 15.6 Å². The van der Waals surface area contributed by atoms with E-state index in [4.69, 9.17) is 0 Å². The third-order valence-corrected chi connectivity index (χ3v) is 5.25. The summed E-state index contributed by atoms with van der Waals surface area (Å²) >= 11 is 0. The molecule has 0 bridgehead atoms. The van der Waals surface area contributed by atoms with Gasteiger partial charge >= 0.3 is 6.18 Å². The van der Waals surface area contributed by atoms with Crippen molar-refractivity contribution >= 4 is 10.2 Å². The Morgan fingerprint density at radius 1 is 1.46 bits per heavy atom. The smallest absolute Gasteiger partial charge is 0.382 e. The molecule has 2 N–H and O–H groups in total. The number of aliphatic hydroxyl groups is 1. The number of aromatic nitrogens is 3. The average Bonchev–Trinajstić information content (AvgIpc) is 2.95. The van der Waals surface area contributed by atoms with Gasteiger partial charge in [0.15, 0.2) is 0 Å². The molecule has 1 atom stereocenters. The van der Waals surface area contributed by atoms with Crippen LogP contribution in [0.3, 0.4) is 0 Å². The largest absolute Gasteiger partial charge is 0.402 e. The molecule has 0 amide bonds. The molecule has 1 fully saturated rings. The Hall–Kier alpha value is -1.24. The first-order valence-electron chi connectivity index (χ1n) is 7.39. The van der Waals surface area contributed by atoms with Crippen molar-refractivity contribution < 1.29 is 26.7 Å². The lowest BCUT2D eigenvalue weighted by molar-refractivity contribution is -0.121. The summed E-state index contributed by atoms with van der Waals surface area (Å²) in [5.74, 6) is 0. The third kappa shape index (κ3) is 4.43. The van der Waals surface area contributed by atoms with Crippen LogP contribution in [-0.2, 0) is 15.8 Å². The number of rotatable bonds is 5. The number of halogens is 3. The van der Waals surface area contributed by atoms with Crippen molar-refractivity contribution in [3.05, 3.63) is 11.9 Å². The molecule has 0 aromatic carbocycles. The molecule has 138 valence electrons. The molecule has 8 nitrogen and oxygen atoms in total. The molecule has 1 aliphatic rings. The Kier molecular flexibility index (Phi) is 5.23. The van der Waals surface area contributed by atoms with Crippen LogP contribution < -0.4 is 4.72 Å². The molecule has 0 saturated carbocycles. The molecule has 1 aromatic rings. The van der Waals surface area contributed by atoms with Crippen molar-refractivity contribution in [2.45, 2.75) is 44.5 Å². The lowest BCUT2D eigenvalue weighted by Gasteiger charge is -2.37. The zero-order valence-electron chi connectivity index (χ0n) is 13.3. The predicted molar refractivity (Wildman–Crippen MR) is 78.1 cm³/mol. The van der Waals surface area contributed by atoms with E-state index in [0.717, 1.165) is 4.31 Å². The zero-order chi connectivity index (χ0) is 18.2. The van der Waals surface area contributed by atoms with Gasteiger partial charge in [-0.25, -0.2) is 4.68 Å². The number of hydrogen-bond donors (Lipinski definition) is 2. The highest BCUT2D eigenvalue weighted by Gasteiger charge is 2.42. The maximum Gasteiger partial charge on any atom is 0.402 e. The van der Waals surface area contributed by atoms with Crippen LogP contribution in [0.4, 0.5) is 13.2 Å². The fourth-order valence-electron chi connectivity index (χ4n) is 2.42. The van der Waals surface area contributed by atoms with Crippen LogP contribution in [0.25, 0.3) is 0 Å². The summed E-state index contributed by atoms with van der Waals surface area (Å²) in [6.07, 6.45) is -2.60. The van der Waals surface area contributed by atoms with Crippen LogP contribution in [0.5, 0.6) is 0 Å². The van der Waals surface area contributed by atoms with Crippen LogP contribution >= 0.6 is 0 Å². The summed E-state index contributed by atoms with van der Waals surface area (Å²) in [5, 5.41) is 18.5. The molecule has 12 heteroatoms. The first-order valence-corrected chi connectivity index (χ1v) is 8.83. The first kappa shape index (κ1) is 19.1. The summed E-state index contributed by atoms with van der Waals surface area (Å²) < 4.78 is 64.6. The summed E-state index contributed by atoms with van der Waals surface area (Å²) in [6, 6.07) is 0.00623. The molecule has 24 heavy (non-hydrogen) atoms. The van der Waals surface area contributed by atoms with Crippen LogP contribution in [0.1, 0.15) is 38.4 Å². The van der Waals surface area contributed by atoms with Gasteiger partial charge in [-0.05, 0) is 26.7 Å². The molecule has 2 heterocycles. The number of β-amino-alcohol motifs (C(OH)–C–C–N with tert-alkyl or cyclic N) is 1. The van der Waals surface area contributed by atoms with E-state index < -0.39 is 28.5 Å². The number of piperidine rings is 1. The van der Waals surface area contributed by atoms with Gasteiger partial charge in [-0.15, -0.1) is 5.10 Å². The van der Waals surface area contributed by atoms with Crippen molar-refractivity contribution in [2.75, 3.05) is 19.6 Å². The molecule has 1 aromatic heterocycles. The third-order valence-electron chi connectivity index (χ3n) is 3.75. The van der Waals surface area contributed by atoms with Gasteiger partial charge in [-0.2, -0.15) is 30.6 Å². The van der Waals surface area contributed by atoms with E-state index in [2.05, 4.69) is 10.3 Å². The minimum atomic E-state index is -4.65. The highest BCUT2D eigenvalue weighted by molar-refractivity contribution is 7.87. The van der Waals surface area contributed by atoms with Gasteiger partial charge in [0.25, 0.3) is 10.2 Å². The number of nitrogens with zero attached hydrogens (tertiary/aromatic N) is 4. The second-order valence-corrected chi connectivity index (χ2v) is 7.84. The maximum atomic E-state index is 12.2. The van der Waals surface area contributed by atoms with Crippen molar-refractivity contribution in [1.29, 1.82) is 0 Å². The van der Waals surface area contributed by atoms with E-state index in [1.54, 1.807) is 0 Å². The minimum absolute atomic E-state index is 0.00623. The normalized spacial score (nSPS) is 23.8. The number of nitrogens with one attached hydrogen (secondary N) is 1. The second-order valence-electron chi connectivity index (χ2n) is 6.09. The fraction of sp³-hybridized carbons (Fsp3) is 0.833. The van der Waals surface area contributed by atoms with Gasteiger partial charge < -0.3 is 5.11 Å². The standard InChI is InChI=1S/C12H20F3N5O3S/c1-9(2)20-6-10(17-18-20)11(21)4-3-5-19(8-11)24(22,23)16-7-12(13,14)15/h6,9,16,21H,3-5,7-8H2,1-2H3. The number of alkyl halides is 3. The Morgan fingerprint density at radius 3 is 2.67 bits per heavy atom. The van der Waals surface area contributed by atoms with E-state index in [1.807, 2.05) is 13.8 Å². The highest BCUT2D eigenvalue weighted by atomic mass is 32.2. The number of hydrogen-bond acceptors (Lipinski definition) is 5. The van der Waals surface area contributed by atoms with Crippen molar-refractivity contribution in [2.24, 2.45) is 0 Å². The summed E-state index contributed by atoms with van der Waals surface area (Å²) in [6.45, 7) is 1.71. The molecule has 2 rings (SSSR count). The molecular weight excluding hydrogens is 351 g/mol. The summed E-state index contributed by atoms with van der Waals surface area (Å²) in [4.78, 5) is 0. The molecule has 0 aliphatic carbocycles. The van der Waals surface area contributed by atoms with Crippen molar-refractivity contribution in [3.63, 3.8) is 0 Å². The van der Waals surface area contributed by atoms with E-state index in [-0.39, 0.29) is 37.7 Å². The topological polar surface area (TPSA) is 100 Å². The summed E-state index contributed by atoms with van der Waals surface area (Å²) in [5.41, 5.74) is -1.38. The zero-order valence-corrected chi connectivity index (χ0v) is 14.1. The van der Waals surface area contributed by atoms with Gasteiger partial charge in [-0.3, -0.25) is 0 Å². The molecule has 0 radical (unpaired) electrons. The lowest BCUT2D eigenvalue weighted by Crippen LogP contribution is -2.53. The fourth-order valence-corrected chi connectivity index (χ4v) is 3.70. The van der Waals surface area contributed by atoms with Crippen LogP contribution in [0.2, 0.25) is 0 Å². The summed E-state index contributed by atoms with van der Waals surface area (Å²) in [7, 11) is -4.36. The molecule has 1 unspecified atom stereocenters. The quantitative estimate of drug-likeness (QED) is 0.787. The van der Waals surface area contributed by atoms with Gasteiger partial charge in [-0.1, -0.05) is 5.21 Å². The molecule has 1 aliphatic heterocycles. The van der Waals surface area contributed by atoms with Crippen molar-refractivity contribution in [3.8, 4) is 0 Å². The Bertz CT molecular complexity index is 676. The van der Waals surface area contributed by atoms with E-state index in [0.29, 0.717) is 0 Å². The molecular formula is C12H20F3N5O3S. The first-order chi connectivity index (χ1) is 10.9. The van der Waals surface area contributed by atoms with Crippen LogP contribution in [0.15, 0.2) is 6.20 Å². The highest BCUT2D eigenvalue weighted by Crippen LogP contribution is 2.31. The monoisotopic (exact) mass is 371 g/mol. The maximum absolute atomic E-state index is 12.2. The Balaban J connectivity index is 2.15. The average molecular weight is 371 g/mol.